The minimum absolute atomic E-state index is 0.113. The van der Waals surface area contributed by atoms with Crippen molar-refractivity contribution >= 4 is 23.9 Å². The monoisotopic (exact) mass is 182 g/mol. The minimum Gasteiger partial charge on any atom is -0.506 e. The second-order valence-electron chi connectivity index (χ2n) is 2.59. The van der Waals surface area contributed by atoms with Gasteiger partial charge in [0.05, 0.1) is 11.3 Å². The quantitative estimate of drug-likeness (QED) is 0.637. The SMILES string of the molecule is Oc1cc2c(cc1Cl)=COCC=2. The summed E-state index contributed by atoms with van der Waals surface area (Å²) in [7, 11) is 0. The molecule has 0 atom stereocenters. The van der Waals surface area contributed by atoms with Crippen LogP contribution in [0.5, 0.6) is 5.75 Å². The molecule has 1 aromatic carbocycles. The van der Waals surface area contributed by atoms with E-state index in [-0.39, 0.29) is 5.75 Å². The Labute approximate surface area is 74.4 Å². The molecule has 0 radical (unpaired) electrons. The molecule has 0 saturated heterocycles. The van der Waals surface area contributed by atoms with Gasteiger partial charge in [0, 0.05) is 5.22 Å². The van der Waals surface area contributed by atoms with Gasteiger partial charge in [-0.15, -0.1) is 0 Å². The average molecular weight is 183 g/mol. The fourth-order valence-corrected chi connectivity index (χ4v) is 1.32. The van der Waals surface area contributed by atoms with E-state index in [4.69, 9.17) is 16.3 Å². The topological polar surface area (TPSA) is 29.5 Å². The van der Waals surface area contributed by atoms with Gasteiger partial charge in [-0.25, -0.2) is 0 Å². The fourth-order valence-electron chi connectivity index (χ4n) is 1.15. The lowest BCUT2D eigenvalue weighted by atomic mass is 10.2. The predicted molar refractivity (Wildman–Crippen MR) is 47.2 cm³/mol. The second-order valence-corrected chi connectivity index (χ2v) is 3.00. The standard InChI is InChI=1S/C9H7ClO2/c10-8-3-7-5-12-2-1-6(7)4-9(8)11/h1,3-5,11H,2H2. The molecule has 3 heteroatoms. The van der Waals surface area contributed by atoms with E-state index in [0.29, 0.717) is 11.6 Å². The van der Waals surface area contributed by atoms with Crippen LogP contribution in [0.2, 0.25) is 5.02 Å². The van der Waals surface area contributed by atoms with Gasteiger partial charge in [0.1, 0.15) is 12.4 Å². The van der Waals surface area contributed by atoms with Crippen LogP contribution >= 0.6 is 11.6 Å². The Hall–Kier alpha value is -1.15. The first-order chi connectivity index (χ1) is 5.77. The highest BCUT2D eigenvalue weighted by molar-refractivity contribution is 6.31. The maximum atomic E-state index is 9.27. The van der Waals surface area contributed by atoms with Crippen LogP contribution in [-0.2, 0) is 4.74 Å². The number of ether oxygens (including phenoxy) is 1. The van der Waals surface area contributed by atoms with Crippen molar-refractivity contribution in [2.24, 2.45) is 0 Å². The molecular weight excluding hydrogens is 176 g/mol. The first kappa shape index (κ1) is 7.50. The number of halogens is 1. The number of phenolic OH excluding ortho intramolecular Hbond substituents is 1. The summed E-state index contributed by atoms with van der Waals surface area (Å²) in [4.78, 5) is 0. The highest BCUT2D eigenvalue weighted by Crippen LogP contribution is 2.17. The Balaban J connectivity index is 2.82. The third-order valence-electron chi connectivity index (χ3n) is 1.76. The lowest BCUT2D eigenvalue weighted by Crippen LogP contribution is -2.27. The molecule has 0 spiro atoms. The van der Waals surface area contributed by atoms with Crippen LogP contribution in [0, 0.1) is 0 Å². The summed E-state index contributed by atoms with van der Waals surface area (Å²) in [6.07, 6.45) is 3.53. The zero-order chi connectivity index (χ0) is 8.55. The summed E-state index contributed by atoms with van der Waals surface area (Å²) >= 11 is 5.71. The van der Waals surface area contributed by atoms with Gasteiger partial charge in [-0.3, -0.25) is 0 Å². The van der Waals surface area contributed by atoms with Gasteiger partial charge in [-0.2, -0.15) is 0 Å². The van der Waals surface area contributed by atoms with E-state index in [9.17, 15) is 5.11 Å². The van der Waals surface area contributed by atoms with Crippen molar-refractivity contribution in [2.75, 3.05) is 6.61 Å². The Morgan fingerprint density at radius 2 is 2.17 bits per heavy atom. The molecule has 0 aliphatic carbocycles. The maximum Gasteiger partial charge on any atom is 0.134 e. The molecule has 0 saturated carbocycles. The number of fused-ring (bicyclic) bond motifs is 1. The first-order valence-corrected chi connectivity index (χ1v) is 3.96. The summed E-state index contributed by atoms with van der Waals surface area (Å²) in [6.45, 7) is 0.550. The molecule has 1 aromatic rings. The van der Waals surface area contributed by atoms with E-state index < -0.39 is 0 Å². The molecule has 1 aliphatic heterocycles. The van der Waals surface area contributed by atoms with Gasteiger partial charge >= 0.3 is 0 Å². The van der Waals surface area contributed by atoms with Crippen LogP contribution in [0.4, 0.5) is 0 Å². The zero-order valence-corrected chi connectivity index (χ0v) is 7.01. The predicted octanol–water partition coefficient (Wildman–Crippen LogP) is 0.594. The zero-order valence-electron chi connectivity index (χ0n) is 6.25. The van der Waals surface area contributed by atoms with Crippen molar-refractivity contribution in [3.63, 3.8) is 0 Å². The number of hydrogen-bond acceptors (Lipinski definition) is 2. The van der Waals surface area contributed by atoms with Crippen molar-refractivity contribution in [3.8, 4) is 5.75 Å². The maximum absolute atomic E-state index is 9.27. The highest BCUT2D eigenvalue weighted by Gasteiger charge is 2.00. The number of rotatable bonds is 0. The van der Waals surface area contributed by atoms with Crippen molar-refractivity contribution in [1.82, 2.24) is 0 Å². The average Bonchev–Trinajstić information content (AvgIpc) is 2.07. The van der Waals surface area contributed by atoms with Gasteiger partial charge in [0.2, 0.25) is 0 Å². The van der Waals surface area contributed by atoms with E-state index in [1.165, 1.54) is 0 Å². The van der Waals surface area contributed by atoms with Crippen LogP contribution in [0.3, 0.4) is 0 Å². The van der Waals surface area contributed by atoms with E-state index in [0.717, 1.165) is 10.4 Å². The van der Waals surface area contributed by atoms with Crippen molar-refractivity contribution in [2.45, 2.75) is 0 Å². The Morgan fingerprint density at radius 3 is 3.00 bits per heavy atom. The largest absolute Gasteiger partial charge is 0.506 e. The molecule has 0 amide bonds. The number of phenols is 1. The van der Waals surface area contributed by atoms with Crippen LogP contribution in [0.1, 0.15) is 0 Å². The van der Waals surface area contributed by atoms with Crippen molar-refractivity contribution in [3.05, 3.63) is 27.6 Å². The lowest BCUT2D eigenvalue weighted by molar-refractivity contribution is 0.346. The number of benzene rings is 1. The fraction of sp³-hybridized carbons (Fsp3) is 0.111. The number of aromatic hydroxyl groups is 1. The van der Waals surface area contributed by atoms with Crippen LogP contribution < -0.4 is 10.4 Å². The Kier molecular flexibility index (Phi) is 1.70. The summed E-state index contributed by atoms with van der Waals surface area (Å²) < 4.78 is 5.07. The number of hydrogen-bond donors (Lipinski definition) is 1. The second kappa shape index (κ2) is 2.72. The Bertz CT molecular complexity index is 382. The summed E-state index contributed by atoms with van der Waals surface area (Å²) in [5.41, 5.74) is 0. The summed E-state index contributed by atoms with van der Waals surface area (Å²) in [5.74, 6) is 0.113. The molecule has 0 unspecified atom stereocenters. The van der Waals surface area contributed by atoms with Crippen molar-refractivity contribution in [1.29, 1.82) is 0 Å². The minimum atomic E-state index is 0.113. The molecular formula is C9H7ClO2. The van der Waals surface area contributed by atoms with Gasteiger partial charge in [0.15, 0.2) is 0 Å². The third-order valence-corrected chi connectivity index (χ3v) is 2.06. The third kappa shape index (κ3) is 1.14. The van der Waals surface area contributed by atoms with E-state index >= 15 is 0 Å². The normalized spacial score (nSPS) is 13.8. The van der Waals surface area contributed by atoms with Crippen LogP contribution in [-0.4, -0.2) is 11.7 Å². The molecule has 12 heavy (non-hydrogen) atoms. The smallest absolute Gasteiger partial charge is 0.134 e. The van der Waals surface area contributed by atoms with Gasteiger partial charge < -0.3 is 9.84 Å². The molecule has 0 fully saturated rings. The van der Waals surface area contributed by atoms with Gasteiger partial charge in [-0.1, -0.05) is 11.6 Å². The molecule has 1 N–H and O–H groups in total. The summed E-state index contributed by atoms with van der Waals surface area (Å²) in [5, 5.41) is 11.5. The molecule has 1 heterocycles. The lowest BCUT2D eigenvalue weighted by Gasteiger charge is -2.03. The van der Waals surface area contributed by atoms with Gasteiger partial charge in [-0.05, 0) is 23.4 Å². The van der Waals surface area contributed by atoms with E-state index in [2.05, 4.69) is 0 Å². The van der Waals surface area contributed by atoms with E-state index in [1.807, 2.05) is 6.08 Å². The summed E-state index contributed by atoms with van der Waals surface area (Å²) in [6, 6.07) is 3.32. The molecule has 2 rings (SSSR count). The molecule has 0 bridgehead atoms. The Morgan fingerprint density at radius 1 is 1.33 bits per heavy atom. The van der Waals surface area contributed by atoms with Crippen LogP contribution in [0.25, 0.3) is 12.3 Å². The van der Waals surface area contributed by atoms with Crippen molar-refractivity contribution < 1.29 is 9.84 Å². The molecule has 0 aromatic heterocycles. The van der Waals surface area contributed by atoms with E-state index in [1.54, 1.807) is 18.4 Å². The first-order valence-electron chi connectivity index (χ1n) is 3.58. The molecule has 1 aliphatic rings. The van der Waals surface area contributed by atoms with Gasteiger partial charge in [0.25, 0.3) is 0 Å². The van der Waals surface area contributed by atoms with Crippen LogP contribution in [0.15, 0.2) is 12.1 Å². The highest BCUT2D eigenvalue weighted by atomic mass is 35.5. The molecule has 62 valence electrons. The molecule has 2 nitrogen and oxygen atoms in total.